The van der Waals surface area contributed by atoms with E-state index in [9.17, 15) is 9.18 Å². The molecule has 3 heterocycles. The maximum atomic E-state index is 13.7. The molecule has 6 nitrogen and oxygen atoms in total. The summed E-state index contributed by atoms with van der Waals surface area (Å²) in [5, 5.41) is 7.92. The van der Waals surface area contributed by atoms with Crippen LogP contribution in [0.3, 0.4) is 0 Å². The van der Waals surface area contributed by atoms with Gasteiger partial charge >= 0.3 is 0 Å². The lowest BCUT2D eigenvalue weighted by atomic mass is 10.1. The second-order valence-corrected chi connectivity index (χ2v) is 7.77. The van der Waals surface area contributed by atoms with Crippen LogP contribution in [-0.4, -0.2) is 25.7 Å². The van der Waals surface area contributed by atoms with Crippen molar-refractivity contribution in [2.75, 3.05) is 5.32 Å². The number of anilines is 1. The predicted molar refractivity (Wildman–Crippen MR) is 125 cm³/mol. The van der Waals surface area contributed by atoms with E-state index in [0.717, 1.165) is 16.7 Å². The zero-order valence-corrected chi connectivity index (χ0v) is 17.9. The number of carbonyl (C=O) groups is 1. The summed E-state index contributed by atoms with van der Waals surface area (Å²) >= 11 is 0. The van der Waals surface area contributed by atoms with Crippen molar-refractivity contribution < 1.29 is 9.18 Å². The van der Waals surface area contributed by atoms with Crippen molar-refractivity contribution in [2.24, 2.45) is 0 Å². The molecule has 0 unspecified atom stereocenters. The van der Waals surface area contributed by atoms with E-state index in [1.54, 1.807) is 35.3 Å². The van der Waals surface area contributed by atoms with E-state index >= 15 is 0 Å². The molecule has 1 N–H and O–H groups in total. The highest BCUT2D eigenvalue weighted by Crippen LogP contribution is 2.26. The topological polar surface area (TPSA) is 72.7 Å². The van der Waals surface area contributed by atoms with Crippen LogP contribution in [0.5, 0.6) is 0 Å². The molecule has 0 atom stereocenters. The molecule has 0 fully saturated rings. The van der Waals surface area contributed by atoms with Crippen molar-refractivity contribution in [1.82, 2.24) is 19.7 Å². The van der Waals surface area contributed by atoms with Crippen LogP contribution in [0.4, 0.5) is 10.2 Å². The molecule has 1 amide bonds. The lowest BCUT2D eigenvalue weighted by Gasteiger charge is -2.10. The van der Waals surface area contributed by atoms with Crippen molar-refractivity contribution >= 4 is 22.8 Å². The lowest BCUT2D eigenvalue weighted by molar-refractivity contribution is 0.102. The van der Waals surface area contributed by atoms with Crippen molar-refractivity contribution in [3.05, 3.63) is 108 Å². The van der Waals surface area contributed by atoms with Gasteiger partial charge in [-0.3, -0.25) is 4.79 Å². The van der Waals surface area contributed by atoms with Gasteiger partial charge in [-0.1, -0.05) is 48.5 Å². The molecule has 0 aliphatic rings. The first-order valence-electron chi connectivity index (χ1n) is 10.5. The second kappa shape index (κ2) is 8.63. The number of nitrogens with zero attached hydrogens (tertiary/aromatic N) is 4. The van der Waals surface area contributed by atoms with Gasteiger partial charge in [-0.2, -0.15) is 5.10 Å². The highest BCUT2D eigenvalue weighted by atomic mass is 19.1. The Balaban J connectivity index is 1.60. The second-order valence-electron chi connectivity index (χ2n) is 7.77. The largest absolute Gasteiger partial charge is 0.307 e. The first-order valence-corrected chi connectivity index (χ1v) is 10.5. The Labute approximate surface area is 189 Å². The maximum Gasteiger partial charge on any atom is 0.257 e. The molecule has 5 rings (SSSR count). The van der Waals surface area contributed by atoms with E-state index in [0.29, 0.717) is 34.7 Å². The van der Waals surface area contributed by atoms with Crippen molar-refractivity contribution in [3.8, 4) is 11.3 Å². The minimum atomic E-state index is -0.312. The maximum absolute atomic E-state index is 13.7. The number of hydrogen-bond donors (Lipinski definition) is 1. The number of hydrogen-bond acceptors (Lipinski definition) is 4. The van der Waals surface area contributed by atoms with Crippen LogP contribution in [0.2, 0.25) is 0 Å². The zero-order chi connectivity index (χ0) is 22.8. The smallest absolute Gasteiger partial charge is 0.257 e. The van der Waals surface area contributed by atoms with E-state index in [-0.39, 0.29) is 11.7 Å². The van der Waals surface area contributed by atoms with E-state index in [2.05, 4.69) is 15.4 Å². The number of carbonyl (C=O) groups excluding carboxylic acids is 1. The van der Waals surface area contributed by atoms with Gasteiger partial charge < -0.3 is 5.32 Å². The van der Waals surface area contributed by atoms with Crippen LogP contribution in [0.15, 0.2) is 85.2 Å². The van der Waals surface area contributed by atoms with E-state index < -0.39 is 0 Å². The fourth-order valence-electron chi connectivity index (χ4n) is 3.64. The summed E-state index contributed by atoms with van der Waals surface area (Å²) < 4.78 is 15.4. The first-order chi connectivity index (χ1) is 16.1. The van der Waals surface area contributed by atoms with Gasteiger partial charge in [-0.05, 0) is 42.3 Å². The summed E-state index contributed by atoms with van der Waals surface area (Å²) in [4.78, 5) is 22.3. The summed E-state index contributed by atoms with van der Waals surface area (Å²) in [5.41, 5.74) is 4.26. The van der Waals surface area contributed by atoms with Gasteiger partial charge in [0.25, 0.3) is 5.91 Å². The quantitative estimate of drug-likeness (QED) is 0.408. The highest BCUT2D eigenvalue weighted by Gasteiger charge is 2.18. The number of nitrogens with one attached hydrogen (secondary N) is 1. The number of aryl methyl sites for hydroxylation is 1. The fourth-order valence-corrected chi connectivity index (χ4v) is 3.64. The Bertz CT molecular complexity index is 1450. The molecule has 0 saturated heterocycles. The summed E-state index contributed by atoms with van der Waals surface area (Å²) in [6, 6.07) is 21.4. The average molecular weight is 437 g/mol. The number of fused-ring (bicyclic) bond motifs is 1. The molecule has 0 aliphatic carbocycles. The minimum Gasteiger partial charge on any atom is -0.307 e. The lowest BCUT2D eigenvalue weighted by Crippen LogP contribution is -2.14. The summed E-state index contributed by atoms with van der Waals surface area (Å²) in [6.45, 7) is 2.26. The number of aromatic nitrogens is 4. The molecule has 33 heavy (non-hydrogen) atoms. The molecule has 0 radical (unpaired) electrons. The molecule has 0 saturated carbocycles. The molecule has 3 aromatic heterocycles. The van der Waals surface area contributed by atoms with E-state index in [1.807, 2.05) is 49.4 Å². The minimum absolute atomic E-state index is 0.304. The highest BCUT2D eigenvalue weighted by molar-refractivity contribution is 6.12. The van der Waals surface area contributed by atoms with Crippen LogP contribution < -0.4 is 5.32 Å². The van der Waals surface area contributed by atoms with Gasteiger partial charge in [-0.25, -0.2) is 19.0 Å². The third kappa shape index (κ3) is 4.34. The van der Waals surface area contributed by atoms with Crippen LogP contribution in [0.1, 0.15) is 21.5 Å². The molecular formula is C26H20FN5O. The molecule has 2 aromatic carbocycles. The van der Waals surface area contributed by atoms with E-state index in [4.69, 9.17) is 4.98 Å². The molecule has 0 spiro atoms. The van der Waals surface area contributed by atoms with Crippen LogP contribution in [0, 0.1) is 12.7 Å². The Kier molecular flexibility index (Phi) is 5.36. The molecule has 0 bridgehead atoms. The van der Waals surface area contributed by atoms with Gasteiger partial charge in [0.15, 0.2) is 5.65 Å². The molecular weight excluding hydrogens is 417 g/mol. The Morgan fingerprint density at radius 1 is 1.00 bits per heavy atom. The molecule has 7 heteroatoms. The number of benzene rings is 2. The van der Waals surface area contributed by atoms with Gasteiger partial charge in [-0.15, -0.1) is 0 Å². The van der Waals surface area contributed by atoms with Crippen molar-refractivity contribution in [3.63, 3.8) is 0 Å². The fraction of sp³-hybridized carbons (Fsp3) is 0.0769. The van der Waals surface area contributed by atoms with Crippen molar-refractivity contribution in [1.29, 1.82) is 0 Å². The summed E-state index contributed by atoms with van der Waals surface area (Å²) in [7, 11) is 0. The van der Waals surface area contributed by atoms with Gasteiger partial charge in [0.05, 0.1) is 29.4 Å². The van der Waals surface area contributed by atoms with Gasteiger partial charge in [0, 0.05) is 11.8 Å². The van der Waals surface area contributed by atoms with Crippen molar-refractivity contribution in [2.45, 2.75) is 13.5 Å². The summed E-state index contributed by atoms with van der Waals surface area (Å²) in [6.07, 6.45) is 3.32. The Morgan fingerprint density at radius 3 is 2.61 bits per heavy atom. The normalized spacial score (nSPS) is 11.0. The van der Waals surface area contributed by atoms with E-state index in [1.165, 1.54) is 12.1 Å². The Hall–Kier alpha value is -4.39. The third-order valence-corrected chi connectivity index (χ3v) is 5.30. The first kappa shape index (κ1) is 20.5. The number of rotatable bonds is 5. The number of halogens is 1. The average Bonchev–Trinajstić information content (AvgIpc) is 3.23. The SMILES string of the molecule is Cc1ccc(NC(=O)c2cc(-c3ccccc3)nc3c2cnn3Cc2cccc(F)c2)nc1. The molecule has 5 aromatic rings. The van der Waals surface area contributed by atoms with Gasteiger partial charge in [0.1, 0.15) is 11.6 Å². The van der Waals surface area contributed by atoms with Gasteiger partial charge in [0.2, 0.25) is 0 Å². The third-order valence-electron chi connectivity index (χ3n) is 5.30. The van der Waals surface area contributed by atoms with Crippen LogP contribution >= 0.6 is 0 Å². The summed E-state index contributed by atoms with van der Waals surface area (Å²) in [5.74, 6) is -0.155. The molecule has 162 valence electrons. The predicted octanol–water partition coefficient (Wildman–Crippen LogP) is 5.24. The van der Waals surface area contributed by atoms with Crippen LogP contribution in [0.25, 0.3) is 22.3 Å². The monoisotopic (exact) mass is 437 g/mol. The zero-order valence-electron chi connectivity index (χ0n) is 17.9. The van der Waals surface area contributed by atoms with Crippen LogP contribution in [-0.2, 0) is 6.54 Å². The number of pyridine rings is 2. The Morgan fingerprint density at radius 2 is 1.85 bits per heavy atom. The standard InChI is InChI=1S/C26H20FN5O/c1-17-10-11-24(28-14-17)31-26(33)21-13-23(19-7-3-2-4-8-19)30-25-22(21)15-29-32(25)16-18-6-5-9-20(27)12-18/h2-15H,16H2,1H3,(H,28,31,33). The number of amides is 1. The molecule has 0 aliphatic heterocycles.